The molecular weight excluding hydrogens is 218 g/mol. The van der Waals surface area contributed by atoms with Crippen LogP contribution in [-0.2, 0) is 0 Å². The number of rotatable bonds is 5. The first-order valence-electron chi connectivity index (χ1n) is 4.63. The van der Waals surface area contributed by atoms with Gasteiger partial charge in [0.2, 0.25) is 0 Å². The van der Waals surface area contributed by atoms with Gasteiger partial charge < -0.3 is 26.6 Å². The van der Waals surface area contributed by atoms with Gasteiger partial charge in [-0.3, -0.25) is 0 Å². The molecule has 0 aliphatic carbocycles. The summed E-state index contributed by atoms with van der Waals surface area (Å²) in [7, 11) is 0. The summed E-state index contributed by atoms with van der Waals surface area (Å²) in [5.74, 6) is 0. The molecule has 0 aliphatic rings. The van der Waals surface area contributed by atoms with Crippen LogP contribution in [0.3, 0.4) is 0 Å². The first-order chi connectivity index (χ1) is 5.10. The second-order valence-corrected chi connectivity index (χ2v) is 3.32. The van der Waals surface area contributed by atoms with Crippen LogP contribution < -0.4 is 17.0 Å². The van der Waals surface area contributed by atoms with Gasteiger partial charge in [0.15, 0.2) is 0 Å². The fourth-order valence-electron chi connectivity index (χ4n) is 1.62. The monoisotopic (exact) mass is 239 g/mol. The molecule has 76 valence electrons. The van der Waals surface area contributed by atoms with Crippen LogP contribution in [0.5, 0.6) is 0 Å². The Morgan fingerprint density at radius 1 is 1.08 bits per heavy atom. The van der Waals surface area contributed by atoms with E-state index in [2.05, 4.69) is 20.8 Å². The van der Waals surface area contributed by atoms with Crippen LogP contribution in [0, 0.1) is 0 Å². The van der Waals surface area contributed by atoms with Crippen molar-refractivity contribution in [3.05, 3.63) is 0 Å². The molecule has 1 atom stereocenters. The van der Waals surface area contributed by atoms with Gasteiger partial charge in [-0.1, -0.05) is 0 Å². The van der Waals surface area contributed by atoms with E-state index in [-0.39, 0.29) is 23.1 Å². The maximum Gasteiger partial charge on any atom is 0.105 e. The smallest absolute Gasteiger partial charge is 0.105 e. The lowest BCUT2D eigenvalue weighted by Gasteiger charge is -2.36. The van der Waals surface area contributed by atoms with Crippen LogP contribution in [-0.4, -0.2) is 41.9 Å². The van der Waals surface area contributed by atoms with Crippen molar-refractivity contribution in [3.63, 3.8) is 0 Å². The molecule has 0 aliphatic heterocycles. The number of hydrogen-bond donors (Lipinski definition) is 1. The molecule has 12 heavy (non-hydrogen) atoms. The van der Waals surface area contributed by atoms with Crippen LogP contribution in [0.1, 0.15) is 27.7 Å². The summed E-state index contributed by atoms with van der Waals surface area (Å²) in [6.45, 7) is 12.7. The van der Waals surface area contributed by atoms with E-state index in [1.807, 2.05) is 6.92 Å². The molecule has 3 heteroatoms. The normalized spacial score (nSPS) is 13.8. The molecule has 0 heterocycles. The van der Waals surface area contributed by atoms with Crippen molar-refractivity contribution in [3.8, 4) is 0 Å². The molecule has 0 rings (SSSR count). The van der Waals surface area contributed by atoms with E-state index in [4.69, 9.17) is 0 Å². The van der Waals surface area contributed by atoms with Crippen molar-refractivity contribution in [1.82, 2.24) is 0 Å². The standard InChI is InChI=1S/C9H22NO.BrH/c1-5-10(6-2,7-3)8-9(4)11;/h9,11H,5-8H2,1-4H3;1H/q+1;/p-1. The third-order valence-corrected chi connectivity index (χ3v) is 2.66. The van der Waals surface area contributed by atoms with Gasteiger partial charge in [0.25, 0.3) is 0 Å². The van der Waals surface area contributed by atoms with Crippen molar-refractivity contribution in [2.24, 2.45) is 0 Å². The van der Waals surface area contributed by atoms with Gasteiger partial charge in [-0.15, -0.1) is 0 Å². The van der Waals surface area contributed by atoms with E-state index in [1.165, 1.54) is 0 Å². The first kappa shape index (κ1) is 14.9. The minimum absolute atomic E-state index is 0. The third kappa shape index (κ3) is 4.43. The van der Waals surface area contributed by atoms with Crippen molar-refractivity contribution in [1.29, 1.82) is 0 Å². The molecule has 0 aromatic carbocycles. The molecule has 0 aromatic heterocycles. The van der Waals surface area contributed by atoms with Gasteiger partial charge in [0, 0.05) is 0 Å². The molecule has 1 unspecified atom stereocenters. The Morgan fingerprint density at radius 3 is 1.50 bits per heavy atom. The lowest BCUT2D eigenvalue weighted by molar-refractivity contribution is -0.925. The summed E-state index contributed by atoms with van der Waals surface area (Å²) in [5.41, 5.74) is 0. The molecule has 0 amide bonds. The number of likely N-dealkylation sites (N-methyl/N-ethyl adjacent to an activating group) is 1. The van der Waals surface area contributed by atoms with E-state index in [1.54, 1.807) is 0 Å². The van der Waals surface area contributed by atoms with E-state index in [0.717, 1.165) is 30.7 Å². The van der Waals surface area contributed by atoms with E-state index < -0.39 is 0 Å². The van der Waals surface area contributed by atoms with Crippen molar-refractivity contribution in [2.75, 3.05) is 26.2 Å². The average molecular weight is 240 g/mol. The second-order valence-electron chi connectivity index (χ2n) is 3.32. The van der Waals surface area contributed by atoms with Crippen LogP contribution in [0.4, 0.5) is 0 Å². The zero-order valence-electron chi connectivity index (χ0n) is 8.68. The SMILES string of the molecule is CC[N+](CC)(CC)CC(C)O.[Br-]. The highest BCUT2D eigenvalue weighted by molar-refractivity contribution is 4.45. The van der Waals surface area contributed by atoms with Gasteiger partial charge in [0.1, 0.15) is 12.6 Å². The number of aliphatic hydroxyl groups is 1. The molecule has 0 spiro atoms. The lowest BCUT2D eigenvalue weighted by atomic mass is 10.2. The topological polar surface area (TPSA) is 20.2 Å². The van der Waals surface area contributed by atoms with Crippen LogP contribution in [0.2, 0.25) is 0 Å². The van der Waals surface area contributed by atoms with Gasteiger partial charge in [0.05, 0.1) is 19.6 Å². The molecule has 2 nitrogen and oxygen atoms in total. The van der Waals surface area contributed by atoms with Gasteiger partial charge in [-0.05, 0) is 27.7 Å². The molecule has 1 N–H and O–H groups in total. The van der Waals surface area contributed by atoms with E-state index >= 15 is 0 Å². The van der Waals surface area contributed by atoms with Crippen molar-refractivity contribution >= 4 is 0 Å². The predicted octanol–water partition coefficient (Wildman–Crippen LogP) is -1.75. The Bertz CT molecular complexity index is 94.4. The highest BCUT2D eigenvalue weighted by Crippen LogP contribution is 2.06. The number of nitrogens with zero attached hydrogens (tertiary/aromatic N) is 1. The summed E-state index contributed by atoms with van der Waals surface area (Å²) in [4.78, 5) is 0. The molecule has 0 bridgehead atoms. The molecule has 0 saturated carbocycles. The molecule has 0 radical (unpaired) electrons. The molecule has 0 fully saturated rings. The highest BCUT2D eigenvalue weighted by atomic mass is 79.9. The molecular formula is C9H22BrNO. The fourth-order valence-corrected chi connectivity index (χ4v) is 1.62. The summed E-state index contributed by atoms with van der Waals surface area (Å²) in [5, 5.41) is 9.27. The van der Waals surface area contributed by atoms with Gasteiger partial charge in [-0.2, -0.15) is 0 Å². The number of hydrogen-bond acceptors (Lipinski definition) is 1. The Hall–Kier alpha value is 0.400. The highest BCUT2D eigenvalue weighted by Gasteiger charge is 2.22. The Balaban J connectivity index is 0. The Morgan fingerprint density at radius 2 is 1.42 bits per heavy atom. The molecule has 0 aromatic rings. The van der Waals surface area contributed by atoms with Crippen LogP contribution >= 0.6 is 0 Å². The number of quaternary nitrogens is 1. The van der Waals surface area contributed by atoms with E-state index in [0.29, 0.717) is 0 Å². The maximum absolute atomic E-state index is 9.27. The first-order valence-corrected chi connectivity index (χ1v) is 4.63. The average Bonchev–Trinajstić information content (AvgIpc) is 2.00. The Kier molecular flexibility index (Phi) is 8.53. The summed E-state index contributed by atoms with van der Waals surface area (Å²) >= 11 is 0. The third-order valence-electron chi connectivity index (χ3n) is 2.66. The van der Waals surface area contributed by atoms with Crippen LogP contribution in [0.15, 0.2) is 0 Å². The summed E-state index contributed by atoms with van der Waals surface area (Å²) in [6, 6.07) is 0. The number of halogens is 1. The van der Waals surface area contributed by atoms with Crippen molar-refractivity contribution in [2.45, 2.75) is 33.8 Å². The second kappa shape index (κ2) is 6.87. The minimum atomic E-state index is -0.171. The molecule has 0 saturated heterocycles. The predicted molar refractivity (Wildman–Crippen MR) is 48.4 cm³/mol. The fraction of sp³-hybridized carbons (Fsp3) is 1.00. The van der Waals surface area contributed by atoms with Crippen molar-refractivity contribution < 1.29 is 26.6 Å². The van der Waals surface area contributed by atoms with Gasteiger partial charge >= 0.3 is 0 Å². The Labute approximate surface area is 86.9 Å². The van der Waals surface area contributed by atoms with Crippen LogP contribution in [0.25, 0.3) is 0 Å². The quantitative estimate of drug-likeness (QED) is 0.565. The maximum atomic E-state index is 9.27. The zero-order chi connectivity index (χ0) is 8.91. The van der Waals surface area contributed by atoms with E-state index in [9.17, 15) is 5.11 Å². The zero-order valence-corrected chi connectivity index (χ0v) is 10.3. The minimum Gasteiger partial charge on any atom is -1.00 e. The largest absolute Gasteiger partial charge is 1.00 e. The number of aliphatic hydroxyl groups excluding tert-OH is 1. The lowest BCUT2D eigenvalue weighted by Crippen LogP contribution is -3.00. The summed E-state index contributed by atoms with van der Waals surface area (Å²) < 4.78 is 1.04. The van der Waals surface area contributed by atoms with Gasteiger partial charge in [-0.25, -0.2) is 0 Å². The summed E-state index contributed by atoms with van der Waals surface area (Å²) in [6.07, 6.45) is -0.171.